The molecule has 0 saturated heterocycles. The van der Waals surface area contributed by atoms with Crippen molar-refractivity contribution in [3.8, 4) is 6.07 Å². The zero-order valence-corrected chi connectivity index (χ0v) is 9.43. The number of methoxy groups -OCH3 is 1. The number of hydrogen-bond acceptors (Lipinski definition) is 3. The molecule has 3 rings (SSSR count). The third kappa shape index (κ3) is 1.18. The predicted octanol–water partition coefficient (Wildman–Crippen LogP) is 2.26. The molecule has 0 amide bonds. The lowest BCUT2D eigenvalue weighted by molar-refractivity contribution is -0.136. The zero-order valence-electron chi connectivity index (χ0n) is 9.43. The molecule has 0 saturated carbocycles. The van der Waals surface area contributed by atoms with Crippen molar-refractivity contribution in [1.82, 2.24) is 0 Å². The first-order chi connectivity index (χ1) is 8.27. The van der Waals surface area contributed by atoms with Crippen molar-refractivity contribution in [2.45, 2.75) is 18.3 Å². The van der Waals surface area contributed by atoms with E-state index in [2.05, 4.69) is 6.07 Å². The van der Waals surface area contributed by atoms with Crippen LogP contribution in [0.4, 0.5) is 0 Å². The third-order valence-corrected chi connectivity index (χ3v) is 3.73. The highest BCUT2D eigenvalue weighted by Crippen LogP contribution is 2.56. The maximum Gasteiger partial charge on any atom is 0.335 e. The second kappa shape index (κ2) is 3.46. The quantitative estimate of drug-likeness (QED) is 0.689. The van der Waals surface area contributed by atoms with E-state index in [1.807, 2.05) is 24.3 Å². The highest BCUT2D eigenvalue weighted by Gasteiger charge is 2.46. The minimum absolute atomic E-state index is 0.0540. The summed E-state index contributed by atoms with van der Waals surface area (Å²) in [4.78, 5) is 11.8. The highest BCUT2D eigenvalue weighted by molar-refractivity contribution is 5.94. The monoisotopic (exact) mass is 225 g/mol. The lowest BCUT2D eigenvalue weighted by Crippen LogP contribution is -2.13. The molecule has 0 N–H and O–H groups in total. The minimum Gasteiger partial charge on any atom is -0.466 e. The average molecular weight is 225 g/mol. The van der Waals surface area contributed by atoms with Crippen molar-refractivity contribution >= 4 is 5.97 Å². The molecular weight excluding hydrogens is 214 g/mol. The zero-order chi connectivity index (χ0) is 12.0. The van der Waals surface area contributed by atoms with Crippen LogP contribution in [0.25, 0.3) is 0 Å². The predicted molar refractivity (Wildman–Crippen MR) is 61.2 cm³/mol. The number of hydrogen-bond donors (Lipinski definition) is 0. The van der Waals surface area contributed by atoms with Gasteiger partial charge in [-0.2, -0.15) is 5.26 Å². The first-order valence-electron chi connectivity index (χ1n) is 5.59. The topological polar surface area (TPSA) is 50.1 Å². The number of rotatable bonds is 1. The van der Waals surface area contributed by atoms with Gasteiger partial charge < -0.3 is 4.74 Å². The van der Waals surface area contributed by atoms with Gasteiger partial charge in [0.15, 0.2) is 0 Å². The number of allylic oxidation sites excluding steroid dienone is 1. The van der Waals surface area contributed by atoms with E-state index < -0.39 is 0 Å². The van der Waals surface area contributed by atoms with Gasteiger partial charge in [0.05, 0.1) is 18.8 Å². The van der Waals surface area contributed by atoms with Crippen LogP contribution in [-0.2, 0) is 9.53 Å². The molecule has 2 aliphatic carbocycles. The van der Waals surface area contributed by atoms with E-state index in [4.69, 9.17) is 4.74 Å². The normalized spacial score (nSPS) is 24.5. The van der Waals surface area contributed by atoms with Crippen molar-refractivity contribution in [3.63, 3.8) is 0 Å². The molecular formula is C14H11NO2. The Morgan fingerprint density at radius 1 is 1.35 bits per heavy atom. The number of ether oxygens (including phenoxy) is 1. The smallest absolute Gasteiger partial charge is 0.335 e. The van der Waals surface area contributed by atoms with Crippen LogP contribution in [0.3, 0.4) is 0 Å². The number of nitriles is 1. The molecule has 3 heteroatoms. The summed E-state index contributed by atoms with van der Waals surface area (Å²) in [6, 6.07) is 10.2. The molecule has 1 aromatic rings. The van der Waals surface area contributed by atoms with Crippen LogP contribution in [0, 0.1) is 11.3 Å². The minimum atomic E-state index is -0.358. The van der Waals surface area contributed by atoms with Crippen LogP contribution in [-0.4, -0.2) is 13.1 Å². The summed E-state index contributed by atoms with van der Waals surface area (Å²) in [5.74, 6) is -0.211. The van der Waals surface area contributed by atoms with Crippen LogP contribution < -0.4 is 0 Å². The van der Waals surface area contributed by atoms with Crippen molar-refractivity contribution in [1.29, 1.82) is 5.26 Å². The average Bonchev–Trinajstić information content (AvgIpc) is 2.93. The fourth-order valence-corrected chi connectivity index (χ4v) is 3.06. The summed E-state index contributed by atoms with van der Waals surface area (Å²) in [6.45, 7) is 0. The molecule has 1 aromatic carbocycles. The number of fused-ring (bicyclic) bond motifs is 5. The van der Waals surface area contributed by atoms with E-state index in [1.54, 1.807) is 0 Å². The molecule has 0 unspecified atom stereocenters. The summed E-state index contributed by atoms with van der Waals surface area (Å²) in [7, 11) is 1.36. The molecule has 0 aromatic heterocycles. The molecule has 0 spiro atoms. The van der Waals surface area contributed by atoms with Gasteiger partial charge in [-0.05, 0) is 17.5 Å². The number of esters is 1. The molecule has 2 atom stereocenters. The van der Waals surface area contributed by atoms with Crippen LogP contribution in [0.2, 0.25) is 0 Å². The van der Waals surface area contributed by atoms with Crippen molar-refractivity contribution in [3.05, 3.63) is 46.5 Å². The van der Waals surface area contributed by atoms with Crippen molar-refractivity contribution in [2.75, 3.05) is 7.11 Å². The van der Waals surface area contributed by atoms with E-state index in [-0.39, 0.29) is 17.8 Å². The van der Waals surface area contributed by atoms with Crippen LogP contribution in [0.1, 0.15) is 29.4 Å². The Bertz CT molecular complexity index is 580. The summed E-state index contributed by atoms with van der Waals surface area (Å²) >= 11 is 0. The van der Waals surface area contributed by atoms with Gasteiger partial charge in [-0.25, -0.2) is 4.79 Å². The lowest BCUT2D eigenvalue weighted by Gasteiger charge is -2.17. The SMILES string of the molecule is COC(=O)C1=C(C#N)[C@@H]2C[C@H]1c1ccccc12. The molecule has 17 heavy (non-hydrogen) atoms. The molecule has 3 nitrogen and oxygen atoms in total. The lowest BCUT2D eigenvalue weighted by atomic mass is 9.86. The van der Waals surface area contributed by atoms with E-state index in [1.165, 1.54) is 18.2 Å². The van der Waals surface area contributed by atoms with Gasteiger partial charge in [0, 0.05) is 17.4 Å². The van der Waals surface area contributed by atoms with Gasteiger partial charge in [-0.15, -0.1) is 0 Å². The molecule has 0 radical (unpaired) electrons. The summed E-state index contributed by atoms with van der Waals surface area (Å²) < 4.78 is 4.79. The number of carbonyl (C=O) groups excluding carboxylic acids is 1. The largest absolute Gasteiger partial charge is 0.466 e. The van der Waals surface area contributed by atoms with Crippen molar-refractivity contribution < 1.29 is 9.53 Å². The molecule has 2 aliphatic rings. The molecule has 0 heterocycles. The summed E-state index contributed by atoms with van der Waals surface area (Å²) in [5, 5.41) is 9.21. The first kappa shape index (κ1) is 10.1. The summed E-state index contributed by atoms with van der Waals surface area (Å²) in [6.07, 6.45) is 0.840. The Morgan fingerprint density at radius 2 is 2.00 bits per heavy atom. The Morgan fingerprint density at radius 3 is 2.59 bits per heavy atom. The maximum atomic E-state index is 11.8. The van der Waals surface area contributed by atoms with E-state index >= 15 is 0 Å². The second-order valence-corrected chi connectivity index (χ2v) is 4.40. The van der Waals surface area contributed by atoms with Crippen LogP contribution >= 0.6 is 0 Å². The van der Waals surface area contributed by atoms with Crippen molar-refractivity contribution in [2.24, 2.45) is 0 Å². The Kier molecular flexibility index (Phi) is 2.05. The number of carbonyl (C=O) groups is 1. The van der Waals surface area contributed by atoms with Gasteiger partial charge in [0.2, 0.25) is 0 Å². The second-order valence-electron chi connectivity index (χ2n) is 4.40. The Labute approximate surface area is 99.3 Å². The first-order valence-corrected chi connectivity index (χ1v) is 5.59. The fourth-order valence-electron chi connectivity index (χ4n) is 3.06. The van der Waals surface area contributed by atoms with Crippen LogP contribution in [0.15, 0.2) is 35.4 Å². The van der Waals surface area contributed by atoms with E-state index in [9.17, 15) is 10.1 Å². The molecule has 0 aliphatic heterocycles. The van der Waals surface area contributed by atoms with Gasteiger partial charge >= 0.3 is 5.97 Å². The fraction of sp³-hybridized carbons (Fsp3) is 0.286. The highest BCUT2D eigenvalue weighted by atomic mass is 16.5. The van der Waals surface area contributed by atoms with E-state index in [0.29, 0.717) is 11.1 Å². The molecule has 2 bridgehead atoms. The van der Waals surface area contributed by atoms with E-state index in [0.717, 1.165) is 6.42 Å². The van der Waals surface area contributed by atoms with Gasteiger partial charge in [0.1, 0.15) is 0 Å². The Balaban J connectivity index is 2.17. The van der Waals surface area contributed by atoms with Gasteiger partial charge in [-0.3, -0.25) is 0 Å². The standard InChI is InChI=1S/C14H11NO2/c1-17-14(16)13-11-6-10(12(13)7-15)8-4-2-3-5-9(8)11/h2-5,10-11H,6H2,1H3/t10-,11+/m1/s1. The number of nitrogens with zero attached hydrogens (tertiary/aromatic N) is 1. The molecule has 84 valence electrons. The number of benzene rings is 1. The third-order valence-electron chi connectivity index (χ3n) is 3.73. The Hall–Kier alpha value is -2.08. The van der Waals surface area contributed by atoms with Gasteiger partial charge in [0.25, 0.3) is 0 Å². The van der Waals surface area contributed by atoms with Crippen LogP contribution in [0.5, 0.6) is 0 Å². The summed E-state index contributed by atoms with van der Waals surface area (Å²) in [5.41, 5.74) is 3.54. The van der Waals surface area contributed by atoms with Gasteiger partial charge in [-0.1, -0.05) is 24.3 Å². The molecule has 0 fully saturated rings. The maximum absolute atomic E-state index is 11.8.